The van der Waals surface area contributed by atoms with Crippen LogP contribution in [0.4, 0.5) is 5.69 Å². The molecule has 1 N–H and O–H groups in total. The third kappa shape index (κ3) is 3.20. The van der Waals surface area contributed by atoms with Crippen molar-refractivity contribution in [2.45, 2.75) is 6.61 Å². The molecular formula is C16H14N2O2S. The van der Waals surface area contributed by atoms with Crippen molar-refractivity contribution in [1.82, 2.24) is 5.32 Å². The molecule has 0 bridgehead atoms. The van der Waals surface area contributed by atoms with Crippen molar-refractivity contribution in [3.63, 3.8) is 0 Å². The molecular weight excluding hydrogens is 284 g/mol. The molecule has 1 fully saturated rings. The Morgan fingerprint density at radius 3 is 2.43 bits per heavy atom. The molecule has 0 atom stereocenters. The first-order valence-electron chi connectivity index (χ1n) is 6.60. The first-order valence-corrected chi connectivity index (χ1v) is 7.01. The molecule has 21 heavy (non-hydrogen) atoms. The van der Waals surface area contributed by atoms with Crippen molar-refractivity contribution in [2.24, 2.45) is 0 Å². The van der Waals surface area contributed by atoms with Crippen LogP contribution in [-0.4, -0.2) is 17.6 Å². The number of nitrogens with one attached hydrogen (secondary N) is 1. The molecule has 1 aliphatic rings. The fourth-order valence-corrected chi connectivity index (χ4v) is 2.40. The van der Waals surface area contributed by atoms with Gasteiger partial charge in [-0.25, -0.2) is 0 Å². The Bertz CT molecular complexity index is 656. The lowest BCUT2D eigenvalue weighted by atomic mass is 10.2. The van der Waals surface area contributed by atoms with Crippen LogP contribution >= 0.6 is 12.2 Å². The van der Waals surface area contributed by atoms with Crippen molar-refractivity contribution in [2.75, 3.05) is 11.4 Å². The molecule has 3 rings (SSSR count). The van der Waals surface area contributed by atoms with E-state index in [4.69, 9.17) is 17.0 Å². The van der Waals surface area contributed by atoms with E-state index >= 15 is 0 Å². The highest BCUT2D eigenvalue weighted by Crippen LogP contribution is 2.21. The summed E-state index contributed by atoms with van der Waals surface area (Å²) in [7, 11) is 0. The predicted octanol–water partition coefficient (Wildman–Crippen LogP) is 2.49. The number of hydrogen-bond donors (Lipinski definition) is 1. The van der Waals surface area contributed by atoms with Crippen LogP contribution in [0.25, 0.3) is 0 Å². The van der Waals surface area contributed by atoms with Gasteiger partial charge in [-0.15, -0.1) is 0 Å². The minimum absolute atomic E-state index is 0.0793. The number of rotatable bonds is 4. The Morgan fingerprint density at radius 1 is 1.10 bits per heavy atom. The largest absolute Gasteiger partial charge is 0.489 e. The Balaban J connectivity index is 1.64. The molecule has 5 heteroatoms. The van der Waals surface area contributed by atoms with Gasteiger partial charge in [-0.05, 0) is 42.0 Å². The Hall–Kier alpha value is -2.40. The van der Waals surface area contributed by atoms with Gasteiger partial charge in [0.25, 0.3) is 0 Å². The number of carbonyl (C=O) groups is 1. The Labute approximate surface area is 128 Å². The molecule has 4 nitrogen and oxygen atoms in total. The lowest BCUT2D eigenvalue weighted by Crippen LogP contribution is -2.27. The van der Waals surface area contributed by atoms with Gasteiger partial charge in [-0.1, -0.05) is 30.3 Å². The molecule has 0 saturated carbocycles. The summed E-state index contributed by atoms with van der Waals surface area (Å²) >= 11 is 5.11. The van der Waals surface area contributed by atoms with Crippen molar-refractivity contribution in [1.29, 1.82) is 0 Å². The third-order valence-electron chi connectivity index (χ3n) is 3.19. The topological polar surface area (TPSA) is 41.6 Å². The van der Waals surface area contributed by atoms with Gasteiger partial charge in [0.2, 0.25) is 5.91 Å². The van der Waals surface area contributed by atoms with Gasteiger partial charge in [-0.3, -0.25) is 4.79 Å². The van der Waals surface area contributed by atoms with Gasteiger partial charge in [0.15, 0.2) is 5.11 Å². The summed E-state index contributed by atoms with van der Waals surface area (Å²) in [6, 6.07) is 17.5. The number of thiocarbonyl (C=S) groups is 1. The van der Waals surface area contributed by atoms with E-state index in [1.165, 1.54) is 0 Å². The van der Waals surface area contributed by atoms with E-state index in [0.717, 1.165) is 17.0 Å². The molecule has 1 saturated heterocycles. The zero-order chi connectivity index (χ0) is 14.7. The Morgan fingerprint density at radius 2 is 1.81 bits per heavy atom. The number of nitrogens with zero attached hydrogens (tertiary/aromatic N) is 1. The molecule has 0 spiro atoms. The second-order valence-corrected chi connectivity index (χ2v) is 5.09. The molecule has 1 aliphatic heterocycles. The van der Waals surface area contributed by atoms with Gasteiger partial charge in [0, 0.05) is 5.69 Å². The fourth-order valence-electron chi connectivity index (χ4n) is 2.11. The first kappa shape index (κ1) is 13.6. The summed E-state index contributed by atoms with van der Waals surface area (Å²) in [6.45, 7) is 0.797. The summed E-state index contributed by atoms with van der Waals surface area (Å²) in [6.07, 6.45) is 0. The zero-order valence-electron chi connectivity index (χ0n) is 11.3. The summed E-state index contributed by atoms with van der Waals surface area (Å²) in [5, 5.41) is 3.06. The number of benzene rings is 2. The van der Waals surface area contributed by atoms with Crippen molar-refractivity contribution >= 4 is 28.9 Å². The standard InChI is InChI=1S/C16H14N2O2S/c19-15-10-18(16(21)17-15)13-6-8-14(9-7-13)20-11-12-4-2-1-3-5-12/h1-9H,10-11H2,(H,17,19,21). The molecule has 106 valence electrons. The average Bonchev–Trinajstić information content (AvgIpc) is 2.85. The van der Waals surface area contributed by atoms with Crippen molar-refractivity contribution in [3.05, 3.63) is 60.2 Å². The third-order valence-corrected chi connectivity index (χ3v) is 3.51. The summed E-state index contributed by atoms with van der Waals surface area (Å²) in [5.41, 5.74) is 2.00. The van der Waals surface area contributed by atoms with Crippen LogP contribution in [0.3, 0.4) is 0 Å². The normalized spacial score (nSPS) is 14.2. The van der Waals surface area contributed by atoms with E-state index in [1.54, 1.807) is 4.90 Å². The van der Waals surface area contributed by atoms with E-state index in [9.17, 15) is 4.79 Å². The maximum atomic E-state index is 11.3. The highest BCUT2D eigenvalue weighted by atomic mass is 32.1. The van der Waals surface area contributed by atoms with Crippen LogP contribution in [0.5, 0.6) is 5.75 Å². The number of amides is 1. The summed E-state index contributed by atoms with van der Waals surface area (Å²) in [4.78, 5) is 13.1. The molecule has 0 aliphatic carbocycles. The van der Waals surface area contributed by atoms with Crippen LogP contribution in [0, 0.1) is 0 Å². The van der Waals surface area contributed by atoms with Gasteiger partial charge < -0.3 is 15.0 Å². The van der Waals surface area contributed by atoms with Crippen LogP contribution in [0.15, 0.2) is 54.6 Å². The molecule has 0 unspecified atom stereocenters. The maximum Gasteiger partial charge on any atom is 0.246 e. The molecule has 1 heterocycles. The lowest BCUT2D eigenvalue weighted by molar-refractivity contribution is -0.117. The van der Waals surface area contributed by atoms with E-state index in [1.807, 2.05) is 54.6 Å². The minimum atomic E-state index is -0.0793. The second kappa shape index (κ2) is 5.93. The SMILES string of the molecule is O=C1CN(c2ccc(OCc3ccccc3)cc2)C(=S)N1. The number of hydrogen-bond acceptors (Lipinski definition) is 3. The lowest BCUT2D eigenvalue weighted by Gasteiger charge is -2.16. The van der Waals surface area contributed by atoms with Gasteiger partial charge >= 0.3 is 0 Å². The van der Waals surface area contributed by atoms with E-state index in [2.05, 4.69) is 5.32 Å². The van der Waals surface area contributed by atoms with Crippen LogP contribution in [0.1, 0.15) is 5.56 Å². The van der Waals surface area contributed by atoms with E-state index < -0.39 is 0 Å². The second-order valence-electron chi connectivity index (χ2n) is 4.71. The molecule has 0 radical (unpaired) electrons. The van der Waals surface area contributed by atoms with E-state index in [0.29, 0.717) is 11.7 Å². The quantitative estimate of drug-likeness (QED) is 0.881. The van der Waals surface area contributed by atoms with Gasteiger partial charge in [0.05, 0.1) is 0 Å². The van der Waals surface area contributed by atoms with Crippen LogP contribution < -0.4 is 15.0 Å². The molecule has 0 aromatic heterocycles. The minimum Gasteiger partial charge on any atom is -0.489 e. The van der Waals surface area contributed by atoms with Crippen molar-refractivity contribution < 1.29 is 9.53 Å². The highest BCUT2D eigenvalue weighted by molar-refractivity contribution is 7.80. The first-order chi connectivity index (χ1) is 10.2. The molecule has 2 aromatic carbocycles. The maximum absolute atomic E-state index is 11.3. The number of anilines is 1. The summed E-state index contributed by atoms with van der Waals surface area (Å²) in [5.74, 6) is 0.705. The van der Waals surface area contributed by atoms with E-state index in [-0.39, 0.29) is 12.5 Å². The smallest absolute Gasteiger partial charge is 0.246 e. The molecule has 2 aromatic rings. The van der Waals surface area contributed by atoms with Crippen LogP contribution in [0.2, 0.25) is 0 Å². The zero-order valence-corrected chi connectivity index (χ0v) is 12.1. The number of carbonyl (C=O) groups excluding carboxylic acids is 1. The highest BCUT2D eigenvalue weighted by Gasteiger charge is 2.24. The van der Waals surface area contributed by atoms with Gasteiger partial charge in [0.1, 0.15) is 18.9 Å². The van der Waals surface area contributed by atoms with Crippen LogP contribution in [-0.2, 0) is 11.4 Å². The van der Waals surface area contributed by atoms with Crippen molar-refractivity contribution in [3.8, 4) is 5.75 Å². The van der Waals surface area contributed by atoms with Gasteiger partial charge in [-0.2, -0.15) is 0 Å². The predicted molar refractivity (Wildman–Crippen MR) is 85.3 cm³/mol. The monoisotopic (exact) mass is 298 g/mol. The average molecular weight is 298 g/mol. The number of ether oxygens (including phenoxy) is 1. The Kier molecular flexibility index (Phi) is 3.83. The molecule has 1 amide bonds. The summed E-state index contributed by atoms with van der Waals surface area (Å²) < 4.78 is 5.72. The fraction of sp³-hybridized carbons (Fsp3) is 0.125.